The molecule has 1 heterocycles. The summed E-state index contributed by atoms with van der Waals surface area (Å²) in [6.07, 6.45) is 2.13. The summed E-state index contributed by atoms with van der Waals surface area (Å²) in [6.45, 7) is 7.25. The van der Waals surface area contributed by atoms with Crippen molar-refractivity contribution in [2.45, 2.75) is 39.3 Å². The Kier molecular flexibility index (Phi) is 5.55. The van der Waals surface area contributed by atoms with Crippen molar-refractivity contribution in [1.29, 1.82) is 0 Å². The van der Waals surface area contributed by atoms with E-state index in [1.807, 2.05) is 6.07 Å². The van der Waals surface area contributed by atoms with E-state index in [9.17, 15) is 0 Å². The molecular weight excluding hydrogens is 326 g/mol. The quantitative estimate of drug-likeness (QED) is 0.713. The highest BCUT2D eigenvalue weighted by Gasteiger charge is 2.20. The predicted molar refractivity (Wildman–Crippen MR) is 84.6 cm³/mol. The van der Waals surface area contributed by atoms with Crippen molar-refractivity contribution in [2.75, 3.05) is 18.5 Å². The van der Waals surface area contributed by atoms with Crippen LogP contribution in [-0.2, 0) is 13.0 Å². The SMILES string of the molecule is CC(C)N(CCCBr)Cc1cc(Cl)cc2c1OCC2. The van der Waals surface area contributed by atoms with Gasteiger partial charge in [-0.1, -0.05) is 27.5 Å². The Balaban J connectivity index is 2.17. The molecule has 0 amide bonds. The van der Waals surface area contributed by atoms with Crippen LogP contribution in [0.15, 0.2) is 12.1 Å². The number of alkyl halides is 1. The van der Waals surface area contributed by atoms with Gasteiger partial charge in [-0.25, -0.2) is 0 Å². The molecule has 0 N–H and O–H groups in total. The van der Waals surface area contributed by atoms with Gasteiger partial charge in [0, 0.05) is 34.9 Å². The molecule has 0 radical (unpaired) electrons. The molecule has 0 fully saturated rings. The Morgan fingerprint density at radius 1 is 1.42 bits per heavy atom. The van der Waals surface area contributed by atoms with Crippen LogP contribution < -0.4 is 4.74 Å². The summed E-state index contributed by atoms with van der Waals surface area (Å²) in [5.74, 6) is 1.06. The minimum Gasteiger partial charge on any atom is -0.493 e. The lowest BCUT2D eigenvalue weighted by Crippen LogP contribution is -2.31. The van der Waals surface area contributed by atoms with Crippen molar-refractivity contribution in [1.82, 2.24) is 4.90 Å². The van der Waals surface area contributed by atoms with Crippen LogP contribution in [0, 0.1) is 0 Å². The maximum absolute atomic E-state index is 6.21. The predicted octanol–water partition coefficient (Wildman–Crippen LogP) is 4.27. The fourth-order valence-corrected chi connectivity index (χ4v) is 2.98. The molecule has 1 aliphatic rings. The molecule has 0 spiro atoms. The summed E-state index contributed by atoms with van der Waals surface area (Å²) in [6, 6.07) is 4.61. The van der Waals surface area contributed by atoms with Crippen LogP contribution in [-0.4, -0.2) is 29.4 Å². The number of nitrogens with zero attached hydrogens (tertiary/aromatic N) is 1. The van der Waals surface area contributed by atoms with Crippen LogP contribution in [0.1, 0.15) is 31.4 Å². The summed E-state index contributed by atoms with van der Waals surface area (Å²) < 4.78 is 5.78. The van der Waals surface area contributed by atoms with Crippen LogP contribution in [0.25, 0.3) is 0 Å². The van der Waals surface area contributed by atoms with Gasteiger partial charge in [0.15, 0.2) is 0 Å². The average molecular weight is 347 g/mol. The lowest BCUT2D eigenvalue weighted by molar-refractivity contribution is 0.211. The highest BCUT2D eigenvalue weighted by Crippen LogP contribution is 2.33. The van der Waals surface area contributed by atoms with Gasteiger partial charge in [-0.05, 0) is 44.5 Å². The molecule has 2 nitrogen and oxygen atoms in total. The van der Waals surface area contributed by atoms with E-state index in [1.54, 1.807) is 0 Å². The second-order valence-corrected chi connectivity index (χ2v) is 6.49. The molecule has 0 saturated carbocycles. The minimum absolute atomic E-state index is 0.523. The van der Waals surface area contributed by atoms with E-state index in [4.69, 9.17) is 16.3 Å². The second-order valence-electron chi connectivity index (χ2n) is 5.26. The van der Waals surface area contributed by atoms with Gasteiger partial charge in [-0.3, -0.25) is 4.90 Å². The van der Waals surface area contributed by atoms with Crippen molar-refractivity contribution >= 4 is 27.5 Å². The first-order valence-corrected chi connectivity index (χ1v) is 8.36. The number of benzene rings is 1. The first kappa shape index (κ1) is 15.1. The largest absolute Gasteiger partial charge is 0.493 e. The van der Waals surface area contributed by atoms with E-state index < -0.39 is 0 Å². The van der Waals surface area contributed by atoms with Gasteiger partial charge in [-0.2, -0.15) is 0 Å². The van der Waals surface area contributed by atoms with E-state index in [0.717, 1.165) is 48.6 Å². The first-order valence-electron chi connectivity index (χ1n) is 6.86. The maximum atomic E-state index is 6.21. The zero-order valence-electron chi connectivity index (χ0n) is 11.6. The molecule has 0 unspecified atom stereocenters. The van der Waals surface area contributed by atoms with E-state index >= 15 is 0 Å². The first-order chi connectivity index (χ1) is 9.11. The number of hydrogen-bond acceptors (Lipinski definition) is 2. The molecule has 0 aliphatic carbocycles. The maximum Gasteiger partial charge on any atom is 0.127 e. The zero-order chi connectivity index (χ0) is 13.8. The van der Waals surface area contributed by atoms with Crippen LogP contribution in [0.3, 0.4) is 0 Å². The molecule has 0 bridgehead atoms. The van der Waals surface area contributed by atoms with Crippen molar-refractivity contribution in [3.8, 4) is 5.75 Å². The Morgan fingerprint density at radius 2 is 2.21 bits per heavy atom. The van der Waals surface area contributed by atoms with Crippen LogP contribution in [0.2, 0.25) is 5.02 Å². The second kappa shape index (κ2) is 6.96. The molecular formula is C15H21BrClNO. The molecule has 0 saturated heterocycles. The normalized spacial score (nSPS) is 14.0. The topological polar surface area (TPSA) is 12.5 Å². The summed E-state index contributed by atoms with van der Waals surface area (Å²) >= 11 is 9.72. The smallest absolute Gasteiger partial charge is 0.127 e. The van der Waals surface area contributed by atoms with Crippen molar-refractivity contribution in [3.63, 3.8) is 0 Å². The summed E-state index contributed by atoms with van der Waals surface area (Å²) in [4.78, 5) is 2.47. The third kappa shape index (κ3) is 3.87. The Labute approximate surface area is 129 Å². The molecule has 1 aromatic carbocycles. The van der Waals surface area contributed by atoms with E-state index in [2.05, 4.69) is 40.7 Å². The van der Waals surface area contributed by atoms with Crippen LogP contribution in [0.4, 0.5) is 0 Å². The van der Waals surface area contributed by atoms with Crippen molar-refractivity contribution in [2.24, 2.45) is 0 Å². The minimum atomic E-state index is 0.523. The fourth-order valence-electron chi connectivity index (χ4n) is 2.46. The van der Waals surface area contributed by atoms with Gasteiger partial charge in [0.25, 0.3) is 0 Å². The van der Waals surface area contributed by atoms with Crippen molar-refractivity contribution in [3.05, 3.63) is 28.3 Å². The van der Waals surface area contributed by atoms with Gasteiger partial charge in [0.05, 0.1) is 6.61 Å². The molecule has 106 valence electrons. The number of rotatable bonds is 6. The number of ether oxygens (including phenoxy) is 1. The molecule has 2 rings (SSSR count). The van der Waals surface area contributed by atoms with E-state index in [-0.39, 0.29) is 0 Å². The van der Waals surface area contributed by atoms with Gasteiger partial charge < -0.3 is 4.74 Å². The number of halogens is 2. The van der Waals surface area contributed by atoms with Gasteiger partial charge in [-0.15, -0.1) is 0 Å². The highest BCUT2D eigenvalue weighted by molar-refractivity contribution is 9.09. The average Bonchev–Trinajstić information content (AvgIpc) is 2.81. The fraction of sp³-hybridized carbons (Fsp3) is 0.600. The van der Waals surface area contributed by atoms with E-state index in [0.29, 0.717) is 6.04 Å². The van der Waals surface area contributed by atoms with E-state index in [1.165, 1.54) is 11.1 Å². The summed E-state index contributed by atoms with van der Waals surface area (Å²) in [7, 11) is 0. The lowest BCUT2D eigenvalue weighted by Gasteiger charge is -2.27. The molecule has 4 heteroatoms. The Hall–Kier alpha value is -0.250. The number of fused-ring (bicyclic) bond motifs is 1. The highest BCUT2D eigenvalue weighted by atomic mass is 79.9. The van der Waals surface area contributed by atoms with Gasteiger partial charge in [0.2, 0.25) is 0 Å². The molecule has 19 heavy (non-hydrogen) atoms. The summed E-state index contributed by atoms with van der Waals surface area (Å²) in [5.41, 5.74) is 2.48. The molecule has 0 atom stereocenters. The van der Waals surface area contributed by atoms with Crippen LogP contribution >= 0.6 is 27.5 Å². The zero-order valence-corrected chi connectivity index (χ0v) is 13.9. The molecule has 0 aromatic heterocycles. The van der Waals surface area contributed by atoms with Crippen LogP contribution in [0.5, 0.6) is 5.75 Å². The Bertz CT molecular complexity index is 436. The van der Waals surface area contributed by atoms with Crippen molar-refractivity contribution < 1.29 is 4.74 Å². The third-order valence-corrected chi connectivity index (χ3v) is 4.29. The lowest BCUT2D eigenvalue weighted by atomic mass is 10.1. The van der Waals surface area contributed by atoms with Gasteiger partial charge in [0.1, 0.15) is 5.75 Å². The molecule has 1 aliphatic heterocycles. The Morgan fingerprint density at radius 3 is 2.89 bits per heavy atom. The summed E-state index contributed by atoms with van der Waals surface area (Å²) in [5, 5.41) is 1.86. The third-order valence-electron chi connectivity index (χ3n) is 3.51. The standard InChI is InChI=1S/C15H21BrClNO/c1-11(2)18(6-3-5-16)10-13-9-14(17)8-12-4-7-19-15(12)13/h8-9,11H,3-7,10H2,1-2H3. The number of hydrogen-bond donors (Lipinski definition) is 0. The molecule has 1 aromatic rings. The monoisotopic (exact) mass is 345 g/mol. The van der Waals surface area contributed by atoms with Gasteiger partial charge >= 0.3 is 0 Å².